The van der Waals surface area contributed by atoms with Crippen molar-refractivity contribution in [2.24, 2.45) is 17.8 Å². The minimum absolute atomic E-state index is 0.167. The van der Waals surface area contributed by atoms with Gasteiger partial charge in [0, 0.05) is 52.2 Å². The minimum Gasteiger partial charge on any atom is -0.390 e. The molecule has 0 radical (unpaired) electrons. The Kier molecular flexibility index (Phi) is 7.51. The molecule has 2 rings (SSSR count). The van der Waals surface area contributed by atoms with Crippen molar-refractivity contribution in [3.05, 3.63) is 0 Å². The molecule has 1 N–H and O–H groups in total. The Morgan fingerprint density at radius 1 is 1.12 bits per heavy atom. The molecule has 5 heteroatoms. The number of amides is 1. The summed E-state index contributed by atoms with van der Waals surface area (Å²) in [5.41, 5.74) is 0. The van der Waals surface area contributed by atoms with Crippen LogP contribution in [0.4, 0.5) is 0 Å². The first-order valence-electron chi connectivity index (χ1n) is 9.70. The van der Waals surface area contributed by atoms with Crippen LogP contribution in [0.3, 0.4) is 0 Å². The number of aliphatic hydroxyl groups excluding tert-OH is 1. The average molecular weight is 340 g/mol. The summed E-state index contributed by atoms with van der Waals surface area (Å²) in [4.78, 5) is 19.0. The predicted octanol–water partition coefficient (Wildman–Crippen LogP) is 1.52. The normalized spacial score (nSPS) is 28.1. The van der Waals surface area contributed by atoms with Crippen molar-refractivity contribution in [2.75, 3.05) is 53.4 Å². The van der Waals surface area contributed by atoms with E-state index in [2.05, 4.69) is 30.7 Å². The number of carbonyl (C=O) groups excluding carboxylic acids is 1. The van der Waals surface area contributed by atoms with Crippen LogP contribution >= 0.6 is 0 Å². The highest BCUT2D eigenvalue weighted by Gasteiger charge is 2.30. The number of β-amino-alcohol motifs (C(OH)–C–C–N with tert-alkyl or cyclic N) is 1. The van der Waals surface area contributed by atoms with Crippen LogP contribution in [0.2, 0.25) is 0 Å². The highest BCUT2D eigenvalue weighted by molar-refractivity contribution is 5.78. The first-order chi connectivity index (χ1) is 11.4. The summed E-state index contributed by atoms with van der Waals surface area (Å²) in [6.45, 7) is 9.82. The van der Waals surface area contributed by atoms with E-state index in [9.17, 15) is 9.90 Å². The first kappa shape index (κ1) is 19.7. The molecule has 24 heavy (non-hydrogen) atoms. The monoisotopic (exact) mass is 339 g/mol. The summed E-state index contributed by atoms with van der Waals surface area (Å²) >= 11 is 0. The maximum absolute atomic E-state index is 12.6. The molecule has 1 aliphatic carbocycles. The summed E-state index contributed by atoms with van der Waals surface area (Å²) in [5, 5.41) is 10.4. The zero-order chi connectivity index (χ0) is 17.7. The second kappa shape index (κ2) is 9.16. The summed E-state index contributed by atoms with van der Waals surface area (Å²) in [5.74, 6) is 1.90. The van der Waals surface area contributed by atoms with E-state index in [1.54, 1.807) is 4.90 Å². The number of piperazine rings is 1. The Balaban J connectivity index is 1.71. The molecule has 0 spiro atoms. The van der Waals surface area contributed by atoms with Crippen molar-refractivity contribution in [3.63, 3.8) is 0 Å². The number of carbonyl (C=O) groups is 1. The molecule has 140 valence electrons. The minimum atomic E-state index is -0.450. The van der Waals surface area contributed by atoms with Crippen molar-refractivity contribution in [1.82, 2.24) is 14.7 Å². The van der Waals surface area contributed by atoms with Crippen LogP contribution in [0.25, 0.3) is 0 Å². The lowest BCUT2D eigenvalue weighted by atomic mass is 9.76. The molecule has 1 unspecified atom stereocenters. The molecule has 5 nitrogen and oxygen atoms in total. The fourth-order valence-corrected chi connectivity index (χ4v) is 4.14. The molecule has 2 aliphatic rings. The molecule has 1 aliphatic heterocycles. The molecule has 1 heterocycles. The van der Waals surface area contributed by atoms with Gasteiger partial charge in [-0.3, -0.25) is 9.69 Å². The fraction of sp³-hybridized carbons (Fsp3) is 0.947. The smallest absolute Gasteiger partial charge is 0.225 e. The van der Waals surface area contributed by atoms with Crippen molar-refractivity contribution >= 4 is 5.91 Å². The van der Waals surface area contributed by atoms with Crippen molar-refractivity contribution in [1.29, 1.82) is 0 Å². The SMILES string of the molecule is CC(C)C1CCC(C(=O)N(C)CC(O)CN2CCN(C)CC2)CC1. The van der Waals surface area contributed by atoms with Crippen LogP contribution in [0.5, 0.6) is 0 Å². The summed E-state index contributed by atoms with van der Waals surface area (Å²) in [6.07, 6.45) is 3.92. The maximum atomic E-state index is 12.6. The zero-order valence-electron chi connectivity index (χ0n) is 16.1. The van der Waals surface area contributed by atoms with E-state index in [0.717, 1.165) is 50.9 Å². The largest absolute Gasteiger partial charge is 0.390 e. The van der Waals surface area contributed by atoms with Gasteiger partial charge in [-0.05, 0) is 44.6 Å². The molecular formula is C19H37N3O2. The summed E-state index contributed by atoms with van der Waals surface area (Å²) in [6, 6.07) is 0. The number of hydrogen-bond donors (Lipinski definition) is 1. The van der Waals surface area contributed by atoms with Gasteiger partial charge in [-0.2, -0.15) is 0 Å². The van der Waals surface area contributed by atoms with Gasteiger partial charge in [-0.25, -0.2) is 0 Å². The van der Waals surface area contributed by atoms with Gasteiger partial charge >= 0.3 is 0 Å². The lowest BCUT2D eigenvalue weighted by molar-refractivity contribution is -0.137. The Labute approximate surface area is 148 Å². The number of nitrogens with zero attached hydrogens (tertiary/aromatic N) is 3. The van der Waals surface area contributed by atoms with Gasteiger partial charge in [-0.15, -0.1) is 0 Å². The standard InChI is InChI=1S/C19H37N3O2/c1-15(2)16-5-7-17(8-6-16)19(24)21(4)13-18(23)14-22-11-9-20(3)10-12-22/h15-18,23H,5-14H2,1-4H3. The van der Waals surface area contributed by atoms with Crippen LogP contribution < -0.4 is 0 Å². The second-order valence-electron chi connectivity index (χ2n) is 8.33. The molecule has 1 amide bonds. The van der Waals surface area contributed by atoms with E-state index in [1.165, 1.54) is 12.8 Å². The van der Waals surface area contributed by atoms with E-state index in [0.29, 0.717) is 13.1 Å². The number of hydrogen-bond acceptors (Lipinski definition) is 4. The topological polar surface area (TPSA) is 47.0 Å². The molecule has 0 aromatic carbocycles. The lowest BCUT2D eigenvalue weighted by Gasteiger charge is -2.35. The van der Waals surface area contributed by atoms with Crippen LogP contribution in [-0.2, 0) is 4.79 Å². The Morgan fingerprint density at radius 2 is 1.71 bits per heavy atom. The van der Waals surface area contributed by atoms with Crippen molar-refractivity contribution < 1.29 is 9.90 Å². The van der Waals surface area contributed by atoms with E-state index < -0.39 is 6.10 Å². The van der Waals surface area contributed by atoms with E-state index in [-0.39, 0.29) is 11.8 Å². The van der Waals surface area contributed by atoms with Crippen LogP contribution in [0, 0.1) is 17.8 Å². The molecular weight excluding hydrogens is 302 g/mol. The van der Waals surface area contributed by atoms with E-state index in [1.807, 2.05) is 7.05 Å². The second-order valence-corrected chi connectivity index (χ2v) is 8.33. The van der Waals surface area contributed by atoms with Gasteiger partial charge in [0.2, 0.25) is 5.91 Å². The number of rotatable bonds is 6. The first-order valence-corrected chi connectivity index (χ1v) is 9.70. The molecule has 0 aromatic rings. The van der Waals surface area contributed by atoms with Gasteiger partial charge in [0.05, 0.1) is 6.10 Å². The molecule has 1 saturated heterocycles. The molecule has 2 fully saturated rings. The third-order valence-corrected chi connectivity index (χ3v) is 5.99. The highest BCUT2D eigenvalue weighted by atomic mass is 16.3. The molecule has 1 atom stereocenters. The van der Waals surface area contributed by atoms with Gasteiger partial charge < -0.3 is 14.9 Å². The van der Waals surface area contributed by atoms with Crippen LogP contribution in [-0.4, -0.2) is 85.2 Å². The van der Waals surface area contributed by atoms with Gasteiger partial charge in [0.1, 0.15) is 0 Å². The van der Waals surface area contributed by atoms with Crippen LogP contribution in [0.1, 0.15) is 39.5 Å². The molecule has 1 saturated carbocycles. The van der Waals surface area contributed by atoms with Gasteiger partial charge in [0.25, 0.3) is 0 Å². The Bertz CT molecular complexity index is 386. The summed E-state index contributed by atoms with van der Waals surface area (Å²) < 4.78 is 0. The zero-order valence-corrected chi connectivity index (χ0v) is 16.1. The predicted molar refractivity (Wildman–Crippen MR) is 97.9 cm³/mol. The van der Waals surface area contributed by atoms with E-state index in [4.69, 9.17) is 0 Å². The van der Waals surface area contributed by atoms with E-state index >= 15 is 0 Å². The number of aliphatic hydroxyl groups is 1. The Morgan fingerprint density at radius 3 is 2.25 bits per heavy atom. The number of likely N-dealkylation sites (N-methyl/N-ethyl adjacent to an activating group) is 2. The Hall–Kier alpha value is -0.650. The van der Waals surface area contributed by atoms with Gasteiger partial charge in [0.15, 0.2) is 0 Å². The van der Waals surface area contributed by atoms with Crippen molar-refractivity contribution in [3.8, 4) is 0 Å². The van der Waals surface area contributed by atoms with Crippen LogP contribution in [0.15, 0.2) is 0 Å². The molecule has 0 aromatic heterocycles. The lowest BCUT2D eigenvalue weighted by Crippen LogP contribution is -2.49. The fourth-order valence-electron chi connectivity index (χ4n) is 4.14. The van der Waals surface area contributed by atoms with Crippen molar-refractivity contribution in [2.45, 2.75) is 45.6 Å². The maximum Gasteiger partial charge on any atom is 0.225 e. The quantitative estimate of drug-likeness (QED) is 0.797. The van der Waals surface area contributed by atoms with Gasteiger partial charge in [-0.1, -0.05) is 13.8 Å². The third-order valence-electron chi connectivity index (χ3n) is 5.99. The average Bonchev–Trinajstić information content (AvgIpc) is 2.56. The molecule has 0 bridgehead atoms. The highest BCUT2D eigenvalue weighted by Crippen LogP contribution is 2.33. The third kappa shape index (κ3) is 5.71. The summed E-state index contributed by atoms with van der Waals surface area (Å²) in [7, 11) is 3.98.